The van der Waals surface area contributed by atoms with Crippen LogP contribution in [0.4, 0.5) is 0 Å². The van der Waals surface area contributed by atoms with E-state index in [9.17, 15) is 9.59 Å². The van der Waals surface area contributed by atoms with E-state index in [1.807, 2.05) is 6.07 Å². The van der Waals surface area contributed by atoms with Gasteiger partial charge in [-0.3, -0.25) is 9.59 Å². The first kappa shape index (κ1) is 16.9. The van der Waals surface area contributed by atoms with Crippen molar-refractivity contribution < 1.29 is 23.5 Å². The number of rotatable bonds is 5. The fourth-order valence-electron chi connectivity index (χ4n) is 2.64. The van der Waals surface area contributed by atoms with Gasteiger partial charge in [0.05, 0.1) is 13.4 Å². The van der Waals surface area contributed by atoms with E-state index in [0.717, 1.165) is 0 Å². The molecule has 0 unspecified atom stereocenters. The van der Waals surface area contributed by atoms with Gasteiger partial charge in [0, 0.05) is 32.2 Å². The van der Waals surface area contributed by atoms with Crippen LogP contribution >= 0.6 is 0 Å². The van der Waals surface area contributed by atoms with Gasteiger partial charge >= 0.3 is 0 Å². The molecule has 1 aliphatic heterocycles. The number of hydrogen-bond acceptors (Lipinski definition) is 5. The monoisotopic (exact) mass is 344 g/mol. The molecule has 2 aromatic rings. The highest BCUT2D eigenvalue weighted by molar-refractivity contribution is 5.91. The SMILES string of the molecule is COc1cccc(OCC(=O)N2CCN(C(=O)c3ccco3)CC2)c1. The van der Waals surface area contributed by atoms with Crippen molar-refractivity contribution >= 4 is 11.8 Å². The van der Waals surface area contributed by atoms with Crippen LogP contribution in [0.15, 0.2) is 47.1 Å². The Morgan fingerprint density at radius 2 is 1.76 bits per heavy atom. The summed E-state index contributed by atoms with van der Waals surface area (Å²) in [5, 5.41) is 0. The second-order valence-electron chi connectivity index (χ2n) is 5.62. The molecule has 25 heavy (non-hydrogen) atoms. The van der Waals surface area contributed by atoms with E-state index in [1.54, 1.807) is 47.2 Å². The number of nitrogens with zero attached hydrogens (tertiary/aromatic N) is 2. The molecular formula is C18H20N2O5. The summed E-state index contributed by atoms with van der Waals surface area (Å²) >= 11 is 0. The predicted molar refractivity (Wildman–Crippen MR) is 89.7 cm³/mol. The van der Waals surface area contributed by atoms with E-state index in [1.165, 1.54) is 6.26 Å². The summed E-state index contributed by atoms with van der Waals surface area (Å²) in [6.07, 6.45) is 1.48. The van der Waals surface area contributed by atoms with Gasteiger partial charge in [-0.1, -0.05) is 6.07 Å². The summed E-state index contributed by atoms with van der Waals surface area (Å²) in [5.74, 6) is 1.33. The fraction of sp³-hybridized carbons (Fsp3) is 0.333. The van der Waals surface area contributed by atoms with E-state index >= 15 is 0 Å². The summed E-state index contributed by atoms with van der Waals surface area (Å²) in [7, 11) is 1.58. The van der Waals surface area contributed by atoms with E-state index in [4.69, 9.17) is 13.9 Å². The predicted octanol–water partition coefficient (Wildman–Crippen LogP) is 1.65. The highest BCUT2D eigenvalue weighted by atomic mass is 16.5. The average molecular weight is 344 g/mol. The molecule has 1 fully saturated rings. The molecule has 0 atom stereocenters. The molecule has 0 radical (unpaired) electrons. The number of piperazine rings is 1. The van der Waals surface area contributed by atoms with E-state index in [2.05, 4.69) is 0 Å². The van der Waals surface area contributed by atoms with Crippen molar-refractivity contribution in [1.29, 1.82) is 0 Å². The third kappa shape index (κ3) is 4.12. The zero-order valence-corrected chi connectivity index (χ0v) is 14.0. The van der Waals surface area contributed by atoms with Crippen LogP contribution in [-0.4, -0.2) is 61.5 Å². The lowest BCUT2D eigenvalue weighted by Gasteiger charge is -2.34. The summed E-state index contributed by atoms with van der Waals surface area (Å²) < 4.78 is 15.8. The smallest absolute Gasteiger partial charge is 0.289 e. The van der Waals surface area contributed by atoms with Crippen LogP contribution in [0.3, 0.4) is 0 Å². The number of methoxy groups -OCH3 is 1. The minimum Gasteiger partial charge on any atom is -0.497 e. The van der Waals surface area contributed by atoms with Crippen LogP contribution in [0.2, 0.25) is 0 Å². The molecule has 0 N–H and O–H groups in total. The summed E-state index contributed by atoms with van der Waals surface area (Å²) in [4.78, 5) is 27.9. The first-order chi connectivity index (χ1) is 12.2. The lowest BCUT2D eigenvalue weighted by molar-refractivity contribution is -0.134. The van der Waals surface area contributed by atoms with Crippen LogP contribution < -0.4 is 9.47 Å². The van der Waals surface area contributed by atoms with Gasteiger partial charge in [0.2, 0.25) is 0 Å². The van der Waals surface area contributed by atoms with E-state index < -0.39 is 0 Å². The van der Waals surface area contributed by atoms with Crippen molar-refractivity contribution in [3.05, 3.63) is 48.4 Å². The van der Waals surface area contributed by atoms with Gasteiger partial charge in [-0.15, -0.1) is 0 Å². The number of carbonyl (C=O) groups excluding carboxylic acids is 2. The number of hydrogen-bond donors (Lipinski definition) is 0. The van der Waals surface area contributed by atoms with Gasteiger partial charge in [0.15, 0.2) is 12.4 Å². The molecule has 1 aromatic carbocycles. The average Bonchev–Trinajstić information content (AvgIpc) is 3.20. The van der Waals surface area contributed by atoms with Gasteiger partial charge in [-0.05, 0) is 24.3 Å². The van der Waals surface area contributed by atoms with Gasteiger partial charge in [-0.25, -0.2) is 0 Å². The second-order valence-corrected chi connectivity index (χ2v) is 5.62. The van der Waals surface area contributed by atoms with Crippen molar-refractivity contribution in [3.63, 3.8) is 0 Å². The molecule has 0 spiro atoms. The number of amides is 2. The van der Waals surface area contributed by atoms with Crippen LogP contribution in [-0.2, 0) is 4.79 Å². The molecule has 0 aliphatic carbocycles. The van der Waals surface area contributed by atoms with Crippen LogP contribution in [0, 0.1) is 0 Å². The molecule has 132 valence electrons. The maximum absolute atomic E-state index is 12.3. The van der Waals surface area contributed by atoms with Crippen molar-refractivity contribution in [2.24, 2.45) is 0 Å². The molecule has 2 amide bonds. The lowest BCUT2D eigenvalue weighted by atomic mass is 10.3. The Balaban J connectivity index is 1.47. The topological polar surface area (TPSA) is 72.2 Å². The lowest BCUT2D eigenvalue weighted by Crippen LogP contribution is -2.51. The van der Waals surface area contributed by atoms with Crippen molar-refractivity contribution in [1.82, 2.24) is 9.80 Å². The molecule has 7 nitrogen and oxygen atoms in total. The maximum Gasteiger partial charge on any atom is 0.289 e. The standard InChI is InChI=1S/C18H20N2O5/c1-23-14-4-2-5-15(12-14)25-13-17(21)19-7-9-20(10-8-19)18(22)16-6-3-11-24-16/h2-6,11-12H,7-10,13H2,1H3. The molecule has 3 rings (SSSR count). The van der Waals surface area contributed by atoms with E-state index in [-0.39, 0.29) is 18.4 Å². The highest BCUT2D eigenvalue weighted by Crippen LogP contribution is 2.19. The Bertz CT molecular complexity index is 721. The summed E-state index contributed by atoms with van der Waals surface area (Å²) in [6.45, 7) is 1.87. The molecule has 2 heterocycles. The van der Waals surface area contributed by atoms with Crippen LogP contribution in [0.5, 0.6) is 11.5 Å². The van der Waals surface area contributed by atoms with Crippen molar-refractivity contribution in [3.8, 4) is 11.5 Å². The Labute approximate surface area is 145 Å². The van der Waals surface area contributed by atoms with Gasteiger partial charge in [-0.2, -0.15) is 0 Å². The molecule has 0 saturated carbocycles. The molecular weight excluding hydrogens is 324 g/mol. The summed E-state index contributed by atoms with van der Waals surface area (Å²) in [5.41, 5.74) is 0. The van der Waals surface area contributed by atoms with Crippen molar-refractivity contribution in [2.45, 2.75) is 0 Å². The van der Waals surface area contributed by atoms with Crippen molar-refractivity contribution in [2.75, 3.05) is 39.9 Å². The quantitative estimate of drug-likeness (QED) is 0.825. The summed E-state index contributed by atoms with van der Waals surface area (Å²) in [6, 6.07) is 10.4. The Kier molecular flexibility index (Phi) is 5.23. The third-order valence-corrected chi connectivity index (χ3v) is 4.06. The van der Waals surface area contributed by atoms with Crippen LogP contribution in [0.25, 0.3) is 0 Å². The Morgan fingerprint density at radius 1 is 1.04 bits per heavy atom. The molecule has 7 heteroatoms. The third-order valence-electron chi connectivity index (χ3n) is 4.06. The number of furan rings is 1. The first-order valence-electron chi connectivity index (χ1n) is 8.05. The zero-order valence-electron chi connectivity index (χ0n) is 14.0. The van der Waals surface area contributed by atoms with E-state index in [0.29, 0.717) is 43.4 Å². The van der Waals surface area contributed by atoms with Crippen LogP contribution in [0.1, 0.15) is 10.6 Å². The molecule has 1 aliphatic rings. The van der Waals surface area contributed by atoms with Gasteiger partial charge in [0.1, 0.15) is 11.5 Å². The normalized spacial score (nSPS) is 14.3. The minimum absolute atomic E-state index is 0.0424. The minimum atomic E-state index is -0.148. The van der Waals surface area contributed by atoms with Gasteiger partial charge in [0.25, 0.3) is 11.8 Å². The van der Waals surface area contributed by atoms with Gasteiger partial charge < -0.3 is 23.7 Å². The number of ether oxygens (including phenoxy) is 2. The molecule has 1 aromatic heterocycles. The second kappa shape index (κ2) is 7.74. The number of benzene rings is 1. The zero-order chi connectivity index (χ0) is 17.6. The largest absolute Gasteiger partial charge is 0.497 e. The number of carbonyl (C=O) groups is 2. The molecule has 1 saturated heterocycles. The first-order valence-corrected chi connectivity index (χ1v) is 8.05. The Hall–Kier alpha value is -2.96. The Morgan fingerprint density at radius 3 is 2.44 bits per heavy atom. The maximum atomic E-state index is 12.3. The fourth-order valence-corrected chi connectivity index (χ4v) is 2.64. The molecule has 0 bridgehead atoms. The highest BCUT2D eigenvalue weighted by Gasteiger charge is 2.26.